The van der Waals surface area contributed by atoms with Crippen molar-refractivity contribution in [3.05, 3.63) is 64.8 Å². The van der Waals surface area contributed by atoms with Crippen molar-refractivity contribution < 1.29 is 9.47 Å². The number of para-hydroxylation sites is 1. The molecule has 0 bridgehead atoms. The first kappa shape index (κ1) is 20.5. The molecule has 5 rings (SSSR count). The first-order chi connectivity index (χ1) is 15.6. The second-order valence-corrected chi connectivity index (χ2v) is 9.68. The molecular formula is C23H19N5O2S2. The molecular weight excluding hydrogens is 442 g/mol. The van der Waals surface area contributed by atoms with Crippen molar-refractivity contribution in [3.63, 3.8) is 0 Å². The molecule has 32 heavy (non-hydrogen) atoms. The fourth-order valence-corrected chi connectivity index (χ4v) is 6.04. The number of aryl methyl sites for hydroxylation is 1. The zero-order valence-corrected chi connectivity index (χ0v) is 19.0. The van der Waals surface area contributed by atoms with Crippen LogP contribution >= 0.6 is 23.1 Å². The normalized spacial score (nSPS) is 17.6. The van der Waals surface area contributed by atoms with Crippen LogP contribution in [0.2, 0.25) is 0 Å². The molecule has 2 N–H and O–H groups in total. The van der Waals surface area contributed by atoms with E-state index in [9.17, 15) is 5.26 Å². The Bertz CT molecular complexity index is 1340. The summed E-state index contributed by atoms with van der Waals surface area (Å²) in [6.45, 7) is 1.90. The van der Waals surface area contributed by atoms with E-state index in [0.29, 0.717) is 11.6 Å². The smallest absolute Gasteiger partial charge is 0.243 e. The zero-order chi connectivity index (χ0) is 22.2. The lowest BCUT2D eigenvalue weighted by Crippen LogP contribution is -2.31. The van der Waals surface area contributed by atoms with Gasteiger partial charge in [-0.1, -0.05) is 36.0 Å². The Morgan fingerprint density at radius 3 is 2.94 bits per heavy atom. The summed E-state index contributed by atoms with van der Waals surface area (Å²) in [5.74, 6) is 0.667. The highest BCUT2D eigenvalue weighted by Gasteiger charge is 2.40. The molecule has 160 valence electrons. The van der Waals surface area contributed by atoms with Gasteiger partial charge in [-0.3, -0.25) is 10.5 Å². The number of aromatic amines is 1. The Morgan fingerprint density at radius 1 is 1.31 bits per heavy atom. The maximum absolute atomic E-state index is 9.80. The van der Waals surface area contributed by atoms with E-state index in [1.54, 1.807) is 30.2 Å². The summed E-state index contributed by atoms with van der Waals surface area (Å²) in [6, 6.07) is 16.3. The summed E-state index contributed by atoms with van der Waals surface area (Å²) in [5.41, 5.74) is 4.59. The number of nitrogens with zero attached hydrogens (tertiary/aromatic N) is 3. The Labute approximate surface area is 192 Å². The summed E-state index contributed by atoms with van der Waals surface area (Å²) in [4.78, 5) is 4.71. The number of rotatable bonds is 5. The highest BCUT2D eigenvalue weighted by Crippen LogP contribution is 2.44. The van der Waals surface area contributed by atoms with E-state index in [0.717, 1.165) is 42.7 Å². The van der Waals surface area contributed by atoms with Gasteiger partial charge in [-0.15, -0.1) is 16.4 Å². The van der Waals surface area contributed by atoms with Gasteiger partial charge in [0.05, 0.1) is 23.4 Å². The molecule has 2 aromatic heterocycles. The van der Waals surface area contributed by atoms with Crippen molar-refractivity contribution in [1.82, 2.24) is 15.2 Å². The Hall–Kier alpha value is -3.35. The molecule has 0 amide bonds. The van der Waals surface area contributed by atoms with Crippen LogP contribution in [0.25, 0.3) is 10.2 Å². The molecule has 7 nitrogen and oxygen atoms in total. The minimum Gasteiger partial charge on any atom is -0.496 e. The van der Waals surface area contributed by atoms with Gasteiger partial charge in [0.15, 0.2) is 4.34 Å². The van der Waals surface area contributed by atoms with E-state index in [1.165, 1.54) is 0 Å². The van der Waals surface area contributed by atoms with Crippen molar-refractivity contribution in [3.8, 4) is 17.7 Å². The first-order valence-corrected chi connectivity index (χ1v) is 11.7. The number of aromatic nitrogens is 3. The van der Waals surface area contributed by atoms with Crippen LogP contribution in [0, 0.1) is 29.6 Å². The largest absolute Gasteiger partial charge is 0.496 e. The summed E-state index contributed by atoms with van der Waals surface area (Å²) >= 11 is 3.33. The summed E-state index contributed by atoms with van der Waals surface area (Å²) in [7, 11) is 1.65. The molecule has 2 aromatic carbocycles. The number of fused-ring (bicyclic) bond motifs is 2. The third-order valence-corrected chi connectivity index (χ3v) is 7.75. The van der Waals surface area contributed by atoms with Crippen molar-refractivity contribution in [1.29, 1.82) is 10.7 Å². The van der Waals surface area contributed by atoms with E-state index in [4.69, 9.17) is 19.9 Å². The van der Waals surface area contributed by atoms with Crippen LogP contribution in [0.4, 0.5) is 0 Å². The average molecular weight is 462 g/mol. The van der Waals surface area contributed by atoms with Gasteiger partial charge in [-0.05, 0) is 30.7 Å². The third kappa shape index (κ3) is 3.51. The van der Waals surface area contributed by atoms with Crippen LogP contribution in [0.1, 0.15) is 28.3 Å². The topological polar surface area (TPSA) is 108 Å². The molecule has 3 heterocycles. The van der Waals surface area contributed by atoms with E-state index < -0.39 is 5.92 Å². The van der Waals surface area contributed by atoms with Crippen LogP contribution in [-0.2, 0) is 5.75 Å². The Morgan fingerprint density at radius 2 is 2.16 bits per heavy atom. The van der Waals surface area contributed by atoms with Gasteiger partial charge in [0.1, 0.15) is 11.7 Å². The number of nitriles is 1. The number of thioether (sulfide) groups is 1. The SMILES string of the molecule is COc1ccc(C2c3c(n[nH]c3C)OC(=N)C2C#N)cc1CSc1nc2ccccc2s1. The fourth-order valence-electron chi connectivity index (χ4n) is 3.99. The minimum atomic E-state index is -0.725. The predicted octanol–water partition coefficient (Wildman–Crippen LogP) is 5.27. The molecule has 4 aromatic rings. The maximum Gasteiger partial charge on any atom is 0.243 e. The molecule has 1 aliphatic heterocycles. The molecule has 0 aliphatic carbocycles. The van der Waals surface area contributed by atoms with Gasteiger partial charge >= 0.3 is 0 Å². The highest BCUT2D eigenvalue weighted by atomic mass is 32.2. The summed E-state index contributed by atoms with van der Waals surface area (Å²) in [5, 5.41) is 25.1. The quantitative estimate of drug-likeness (QED) is 0.392. The number of H-pyrrole nitrogens is 1. The average Bonchev–Trinajstić information content (AvgIpc) is 3.39. The number of thiazole rings is 1. The lowest BCUT2D eigenvalue weighted by molar-refractivity contribution is 0.410. The van der Waals surface area contributed by atoms with Gasteiger partial charge in [-0.2, -0.15) is 5.26 Å². The van der Waals surface area contributed by atoms with Gasteiger partial charge < -0.3 is 9.47 Å². The molecule has 0 spiro atoms. The summed E-state index contributed by atoms with van der Waals surface area (Å²) < 4.78 is 13.3. The molecule has 0 fully saturated rings. The van der Waals surface area contributed by atoms with Gasteiger partial charge in [0.2, 0.25) is 11.8 Å². The molecule has 2 unspecified atom stereocenters. The van der Waals surface area contributed by atoms with Crippen LogP contribution in [0.5, 0.6) is 11.6 Å². The second-order valence-electron chi connectivity index (χ2n) is 7.43. The Kier molecular flexibility index (Phi) is 5.33. The third-order valence-electron chi connectivity index (χ3n) is 5.52. The highest BCUT2D eigenvalue weighted by molar-refractivity contribution is 8.00. The van der Waals surface area contributed by atoms with Crippen LogP contribution in [-0.4, -0.2) is 28.2 Å². The lowest BCUT2D eigenvalue weighted by Gasteiger charge is -2.28. The van der Waals surface area contributed by atoms with E-state index >= 15 is 0 Å². The number of benzene rings is 2. The predicted molar refractivity (Wildman–Crippen MR) is 125 cm³/mol. The first-order valence-electron chi connectivity index (χ1n) is 9.95. The van der Waals surface area contributed by atoms with Crippen molar-refractivity contribution in [2.24, 2.45) is 5.92 Å². The number of nitrogens with one attached hydrogen (secondary N) is 2. The number of hydrogen-bond acceptors (Lipinski definition) is 8. The van der Waals surface area contributed by atoms with Crippen molar-refractivity contribution in [2.45, 2.75) is 22.9 Å². The number of hydrogen-bond donors (Lipinski definition) is 2. The monoisotopic (exact) mass is 461 g/mol. The second kappa shape index (κ2) is 8.30. The number of ether oxygens (including phenoxy) is 2. The maximum atomic E-state index is 9.80. The fraction of sp³-hybridized carbons (Fsp3) is 0.217. The molecule has 9 heteroatoms. The molecule has 0 saturated carbocycles. The lowest BCUT2D eigenvalue weighted by atomic mass is 9.79. The van der Waals surface area contributed by atoms with Gasteiger partial charge in [0.25, 0.3) is 0 Å². The zero-order valence-electron chi connectivity index (χ0n) is 17.4. The van der Waals surface area contributed by atoms with Gasteiger partial charge in [-0.25, -0.2) is 4.98 Å². The number of methoxy groups -OCH3 is 1. The van der Waals surface area contributed by atoms with E-state index in [-0.39, 0.29) is 11.8 Å². The minimum absolute atomic E-state index is 0.0854. The van der Waals surface area contributed by atoms with E-state index in [1.807, 2.05) is 37.3 Å². The van der Waals surface area contributed by atoms with E-state index in [2.05, 4.69) is 28.4 Å². The van der Waals surface area contributed by atoms with Gasteiger partial charge in [0, 0.05) is 28.5 Å². The van der Waals surface area contributed by atoms with Crippen molar-refractivity contribution >= 4 is 39.2 Å². The van der Waals surface area contributed by atoms with Crippen LogP contribution < -0.4 is 9.47 Å². The Balaban J connectivity index is 1.50. The standard InChI is InChI=1S/C23H19N5O2S2/c1-12-19-20(15(10-24)21(25)30-22(19)28-27-12)13-7-8-17(29-2)14(9-13)11-31-23-26-16-5-3-4-6-18(16)32-23/h3-9,15,20,25H,11H2,1-2H3,(H,27,28). The van der Waals surface area contributed by atoms with Crippen molar-refractivity contribution in [2.75, 3.05) is 7.11 Å². The van der Waals surface area contributed by atoms with Crippen LogP contribution in [0.3, 0.4) is 0 Å². The molecule has 0 radical (unpaired) electrons. The summed E-state index contributed by atoms with van der Waals surface area (Å²) in [6.07, 6.45) is 0. The molecule has 2 atom stereocenters. The van der Waals surface area contributed by atoms with Crippen LogP contribution in [0.15, 0.2) is 46.8 Å². The molecule has 1 aliphatic rings. The molecule has 0 saturated heterocycles.